The standard InChI is InChI=1S/C2H6O7S2/c3-2(11(7,8)9)1-10(4,5)6/h2-3H,1H2,(H,4,5,6)(H,7,8,9). The van der Waals surface area contributed by atoms with Gasteiger partial charge in [0.15, 0.2) is 5.44 Å². The van der Waals surface area contributed by atoms with Gasteiger partial charge in [0.2, 0.25) is 0 Å². The van der Waals surface area contributed by atoms with E-state index in [1.54, 1.807) is 0 Å². The van der Waals surface area contributed by atoms with Crippen LogP contribution in [0.25, 0.3) is 0 Å². The Morgan fingerprint density at radius 2 is 1.45 bits per heavy atom. The van der Waals surface area contributed by atoms with Crippen LogP contribution in [-0.4, -0.2) is 42.2 Å². The van der Waals surface area contributed by atoms with Crippen LogP contribution in [-0.2, 0) is 20.2 Å². The highest BCUT2D eigenvalue weighted by Gasteiger charge is 2.25. The van der Waals surface area contributed by atoms with Gasteiger partial charge in [-0.3, -0.25) is 9.11 Å². The predicted octanol–water partition coefficient (Wildman–Crippen LogP) is -1.92. The summed E-state index contributed by atoms with van der Waals surface area (Å²) in [6, 6.07) is 0. The van der Waals surface area contributed by atoms with E-state index in [1.807, 2.05) is 0 Å². The zero-order chi connectivity index (χ0) is 9.28. The Morgan fingerprint density at radius 1 is 1.09 bits per heavy atom. The number of rotatable bonds is 3. The minimum Gasteiger partial charge on any atom is -0.374 e. The van der Waals surface area contributed by atoms with Crippen LogP contribution >= 0.6 is 0 Å². The third-order valence-electron chi connectivity index (χ3n) is 0.697. The molecule has 0 aromatic heterocycles. The van der Waals surface area contributed by atoms with E-state index >= 15 is 0 Å². The normalized spacial score (nSPS) is 16.3. The molecule has 0 aliphatic carbocycles. The van der Waals surface area contributed by atoms with Crippen LogP contribution in [0.4, 0.5) is 0 Å². The Kier molecular flexibility index (Phi) is 2.97. The van der Waals surface area contributed by atoms with E-state index in [4.69, 9.17) is 14.2 Å². The molecule has 0 aliphatic rings. The lowest BCUT2D eigenvalue weighted by molar-refractivity contribution is 0.250. The molecule has 0 saturated carbocycles. The first-order chi connectivity index (χ1) is 4.63. The van der Waals surface area contributed by atoms with E-state index < -0.39 is 31.4 Å². The molecule has 3 N–H and O–H groups in total. The van der Waals surface area contributed by atoms with Crippen LogP contribution < -0.4 is 0 Å². The molecule has 1 unspecified atom stereocenters. The molecule has 11 heavy (non-hydrogen) atoms. The minimum atomic E-state index is -4.82. The van der Waals surface area contributed by atoms with Gasteiger partial charge in [0.25, 0.3) is 20.2 Å². The fraction of sp³-hybridized carbons (Fsp3) is 1.00. The lowest BCUT2D eigenvalue weighted by atomic mass is 10.9. The summed E-state index contributed by atoms with van der Waals surface area (Å²) in [4.78, 5) is 0. The van der Waals surface area contributed by atoms with Gasteiger partial charge in [-0.1, -0.05) is 0 Å². The first-order valence-corrected chi connectivity index (χ1v) is 5.34. The van der Waals surface area contributed by atoms with E-state index in [1.165, 1.54) is 0 Å². The second-order valence-electron chi connectivity index (χ2n) is 1.72. The van der Waals surface area contributed by atoms with Crippen molar-refractivity contribution in [1.29, 1.82) is 0 Å². The van der Waals surface area contributed by atoms with Crippen molar-refractivity contribution in [1.82, 2.24) is 0 Å². The van der Waals surface area contributed by atoms with Crippen LogP contribution in [0, 0.1) is 0 Å². The summed E-state index contributed by atoms with van der Waals surface area (Å²) in [6.07, 6.45) is 0. The second kappa shape index (κ2) is 3.03. The number of hydrogen-bond donors (Lipinski definition) is 3. The third kappa shape index (κ3) is 5.09. The molecule has 0 aromatic carbocycles. The Morgan fingerprint density at radius 3 is 1.55 bits per heavy atom. The first-order valence-electron chi connectivity index (χ1n) is 2.22. The van der Waals surface area contributed by atoms with Crippen molar-refractivity contribution in [2.45, 2.75) is 5.44 Å². The van der Waals surface area contributed by atoms with Gasteiger partial charge >= 0.3 is 0 Å². The highest BCUT2D eigenvalue weighted by atomic mass is 32.2. The summed E-state index contributed by atoms with van der Waals surface area (Å²) in [6.45, 7) is 0. The van der Waals surface area contributed by atoms with E-state index in [0.717, 1.165) is 0 Å². The van der Waals surface area contributed by atoms with E-state index in [9.17, 15) is 16.8 Å². The van der Waals surface area contributed by atoms with Gasteiger partial charge < -0.3 is 5.11 Å². The highest BCUT2D eigenvalue weighted by molar-refractivity contribution is 7.89. The Balaban J connectivity index is 4.47. The van der Waals surface area contributed by atoms with Crippen LogP contribution in [0.5, 0.6) is 0 Å². The van der Waals surface area contributed by atoms with Gasteiger partial charge in [-0.15, -0.1) is 0 Å². The van der Waals surface area contributed by atoms with E-state index in [2.05, 4.69) is 0 Å². The van der Waals surface area contributed by atoms with Crippen molar-refractivity contribution in [3.8, 4) is 0 Å². The molecule has 0 aromatic rings. The maximum Gasteiger partial charge on any atom is 0.293 e. The topological polar surface area (TPSA) is 129 Å². The molecular formula is C2H6O7S2. The molecule has 68 valence electrons. The zero-order valence-electron chi connectivity index (χ0n) is 5.08. The summed E-state index contributed by atoms with van der Waals surface area (Å²) in [5.41, 5.74) is -2.50. The molecule has 7 nitrogen and oxygen atoms in total. The quantitative estimate of drug-likeness (QED) is 0.459. The van der Waals surface area contributed by atoms with Crippen molar-refractivity contribution < 1.29 is 31.0 Å². The summed E-state index contributed by atoms with van der Waals surface area (Å²) < 4.78 is 55.7. The molecular weight excluding hydrogens is 200 g/mol. The van der Waals surface area contributed by atoms with Crippen LogP contribution in [0.2, 0.25) is 0 Å². The molecule has 0 spiro atoms. The van der Waals surface area contributed by atoms with Crippen LogP contribution in [0.3, 0.4) is 0 Å². The second-order valence-corrected chi connectivity index (χ2v) is 4.79. The molecule has 0 bridgehead atoms. The van der Waals surface area contributed by atoms with Crippen molar-refractivity contribution in [2.75, 3.05) is 5.75 Å². The minimum absolute atomic E-state index is 1.44. The van der Waals surface area contributed by atoms with Crippen molar-refractivity contribution in [3.63, 3.8) is 0 Å². The number of hydrogen-bond acceptors (Lipinski definition) is 5. The molecule has 0 radical (unpaired) electrons. The Labute approximate surface area is 63.2 Å². The lowest BCUT2D eigenvalue weighted by Gasteiger charge is -2.02. The molecule has 1 atom stereocenters. The van der Waals surface area contributed by atoms with E-state index in [-0.39, 0.29) is 0 Å². The lowest BCUT2D eigenvalue weighted by Crippen LogP contribution is -2.28. The fourth-order valence-electron chi connectivity index (χ4n) is 0.266. The van der Waals surface area contributed by atoms with Crippen molar-refractivity contribution >= 4 is 20.2 Å². The molecule has 9 heteroatoms. The molecule has 0 heterocycles. The van der Waals surface area contributed by atoms with Gasteiger partial charge in [-0.05, 0) is 0 Å². The molecule has 0 rings (SSSR count). The summed E-state index contributed by atoms with van der Waals surface area (Å²) in [5.74, 6) is -1.44. The van der Waals surface area contributed by atoms with Crippen molar-refractivity contribution in [2.24, 2.45) is 0 Å². The smallest absolute Gasteiger partial charge is 0.293 e. The zero-order valence-corrected chi connectivity index (χ0v) is 6.71. The maximum atomic E-state index is 9.94. The monoisotopic (exact) mass is 206 g/mol. The fourth-order valence-corrected chi connectivity index (χ4v) is 1.83. The average molecular weight is 206 g/mol. The maximum absolute atomic E-state index is 9.94. The predicted molar refractivity (Wildman–Crippen MR) is 34.0 cm³/mol. The summed E-state index contributed by atoms with van der Waals surface area (Å²) in [7, 11) is -9.42. The molecule has 0 saturated heterocycles. The van der Waals surface area contributed by atoms with Gasteiger partial charge in [0, 0.05) is 0 Å². The van der Waals surface area contributed by atoms with Gasteiger partial charge in [-0.25, -0.2) is 0 Å². The van der Waals surface area contributed by atoms with E-state index in [0.29, 0.717) is 0 Å². The summed E-state index contributed by atoms with van der Waals surface area (Å²) in [5, 5.41) is 8.34. The summed E-state index contributed by atoms with van der Waals surface area (Å²) >= 11 is 0. The van der Waals surface area contributed by atoms with Gasteiger partial charge in [-0.2, -0.15) is 16.8 Å². The number of aliphatic hydroxyl groups is 1. The SMILES string of the molecule is O=S(=O)(O)CC(O)S(=O)(=O)O. The Hall–Kier alpha value is -0.220. The first kappa shape index (κ1) is 10.8. The molecule has 0 fully saturated rings. The molecule has 0 amide bonds. The largest absolute Gasteiger partial charge is 0.374 e. The number of aliphatic hydroxyl groups excluding tert-OH is 1. The van der Waals surface area contributed by atoms with Gasteiger partial charge in [0.05, 0.1) is 0 Å². The van der Waals surface area contributed by atoms with Crippen LogP contribution in [0.1, 0.15) is 0 Å². The Bertz CT molecular complexity index is 308. The molecule has 0 aliphatic heterocycles. The van der Waals surface area contributed by atoms with Gasteiger partial charge in [0.1, 0.15) is 5.75 Å². The highest BCUT2D eigenvalue weighted by Crippen LogP contribution is 1.97. The van der Waals surface area contributed by atoms with Crippen LogP contribution in [0.15, 0.2) is 0 Å². The van der Waals surface area contributed by atoms with Crippen molar-refractivity contribution in [3.05, 3.63) is 0 Å². The third-order valence-corrected chi connectivity index (χ3v) is 2.50. The average Bonchev–Trinajstić information content (AvgIpc) is 1.56.